The van der Waals surface area contributed by atoms with Crippen molar-refractivity contribution in [3.63, 3.8) is 0 Å². The zero-order valence-corrected chi connectivity index (χ0v) is 24.3. The van der Waals surface area contributed by atoms with E-state index in [-0.39, 0.29) is 23.2 Å². The first-order valence-electron chi connectivity index (χ1n) is 13.6. The maximum absolute atomic E-state index is 13.4. The van der Waals surface area contributed by atoms with Crippen LogP contribution in [0.1, 0.15) is 52.9 Å². The standard InChI is InChI=1S/C30H32N2O6S2/c1-4-38-29(34)16-7-10-20(11-8-16)31-23(33)15-32-28-27(40-30(32)35)25(18-9-12-21(36-2)22(14-18)37-3)24-17-5-6-19(13-17)26(24)39-28/h7-12,14,17,19,24-26H,4-6,13,15H2,1-3H3,(H,31,33)/t17?,19?,24?,25-,26?/m1/s1. The molecule has 2 heterocycles. The minimum atomic E-state index is -0.406. The van der Waals surface area contributed by atoms with Gasteiger partial charge in [-0.3, -0.25) is 14.2 Å². The number of methoxy groups -OCH3 is 2. The highest BCUT2D eigenvalue weighted by Crippen LogP contribution is 2.64. The Kier molecular flexibility index (Phi) is 7.39. The number of amides is 1. The predicted octanol–water partition coefficient (Wildman–Crippen LogP) is 5.39. The van der Waals surface area contributed by atoms with Crippen LogP contribution in [0.3, 0.4) is 0 Å². The van der Waals surface area contributed by atoms with Crippen LogP contribution in [0, 0.1) is 17.8 Å². The molecule has 1 amide bonds. The summed E-state index contributed by atoms with van der Waals surface area (Å²) in [6.07, 6.45) is 3.69. The molecule has 8 nitrogen and oxygen atoms in total. The lowest BCUT2D eigenvalue weighted by Crippen LogP contribution is -2.34. The number of benzene rings is 2. The van der Waals surface area contributed by atoms with Gasteiger partial charge in [-0.25, -0.2) is 4.79 Å². The number of aromatic nitrogens is 1. The Hall–Kier alpha value is -3.24. The third-order valence-electron chi connectivity index (χ3n) is 8.44. The van der Waals surface area contributed by atoms with Gasteiger partial charge in [0.1, 0.15) is 6.54 Å². The molecule has 2 aliphatic carbocycles. The van der Waals surface area contributed by atoms with Gasteiger partial charge >= 0.3 is 10.8 Å². The number of thiazole rings is 1. The maximum Gasteiger partial charge on any atom is 0.338 e. The summed E-state index contributed by atoms with van der Waals surface area (Å²) in [4.78, 5) is 39.3. The van der Waals surface area contributed by atoms with Crippen LogP contribution in [0.2, 0.25) is 0 Å². The molecule has 3 aliphatic rings. The van der Waals surface area contributed by atoms with Crippen molar-refractivity contribution in [3.8, 4) is 11.5 Å². The Morgan fingerprint density at radius 1 is 1.02 bits per heavy atom. The number of hydrogen-bond donors (Lipinski definition) is 1. The number of hydrogen-bond acceptors (Lipinski definition) is 8. The molecule has 0 saturated heterocycles. The number of anilines is 1. The lowest BCUT2D eigenvalue weighted by atomic mass is 9.75. The fourth-order valence-electron chi connectivity index (χ4n) is 6.75. The van der Waals surface area contributed by atoms with Crippen molar-refractivity contribution in [2.45, 2.75) is 48.9 Å². The zero-order valence-electron chi connectivity index (χ0n) is 22.7. The largest absolute Gasteiger partial charge is 0.493 e. The van der Waals surface area contributed by atoms with Crippen LogP contribution in [-0.2, 0) is 16.1 Å². The smallest absolute Gasteiger partial charge is 0.338 e. The van der Waals surface area contributed by atoms with Crippen molar-refractivity contribution < 1.29 is 23.8 Å². The number of fused-ring (bicyclic) bond motifs is 6. The van der Waals surface area contributed by atoms with Gasteiger partial charge < -0.3 is 19.5 Å². The van der Waals surface area contributed by atoms with E-state index in [1.807, 2.05) is 12.1 Å². The Balaban J connectivity index is 1.30. The first kappa shape index (κ1) is 27.0. The van der Waals surface area contributed by atoms with E-state index in [0.717, 1.165) is 15.5 Å². The molecule has 1 N–H and O–H groups in total. The average Bonchev–Trinajstić information content (AvgIpc) is 3.66. The number of nitrogens with one attached hydrogen (secondary N) is 1. The second kappa shape index (κ2) is 11.0. The van der Waals surface area contributed by atoms with Crippen molar-refractivity contribution in [2.24, 2.45) is 17.8 Å². The molecule has 2 bridgehead atoms. The van der Waals surface area contributed by atoms with E-state index in [1.54, 1.807) is 61.7 Å². The fourth-order valence-corrected chi connectivity index (χ4v) is 9.91. The third kappa shape index (κ3) is 4.71. The molecule has 4 unspecified atom stereocenters. The Labute approximate surface area is 241 Å². The normalized spacial score (nSPS) is 24.2. The summed E-state index contributed by atoms with van der Waals surface area (Å²) in [6, 6.07) is 12.6. The number of rotatable bonds is 8. The summed E-state index contributed by atoms with van der Waals surface area (Å²) in [5.41, 5.74) is 2.10. The maximum atomic E-state index is 13.4. The number of nitrogens with zero attached hydrogens (tertiary/aromatic N) is 1. The summed E-state index contributed by atoms with van der Waals surface area (Å²) in [5.74, 6) is 2.47. The number of esters is 1. The summed E-state index contributed by atoms with van der Waals surface area (Å²) >= 11 is 3.06. The van der Waals surface area contributed by atoms with E-state index >= 15 is 0 Å². The molecule has 40 heavy (non-hydrogen) atoms. The molecule has 1 aliphatic heterocycles. The topological polar surface area (TPSA) is 95.9 Å². The van der Waals surface area contributed by atoms with E-state index in [1.165, 1.54) is 30.6 Å². The minimum absolute atomic E-state index is 0.0680. The third-order valence-corrected chi connectivity index (χ3v) is 11.3. The lowest BCUT2D eigenvalue weighted by Gasteiger charge is -2.40. The molecule has 3 aromatic rings. The summed E-state index contributed by atoms with van der Waals surface area (Å²) < 4.78 is 17.8. The molecule has 5 atom stereocenters. The number of ether oxygens (including phenoxy) is 3. The van der Waals surface area contributed by atoms with Gasteiger partial charge in [-0.15, -0.1) is 11.8 Å². The van der Waals surface area contributed by atoms with Crippen molar-refractivity contribution in [1.82, 2.24) is 4.57 Å². The van der Waals surface area contributed by atoms with Crippen LogP contribution in [0.25, 0.3) is 0 Å². The zero-order chi connectivity index (χ0) is 28.0. The number of carbonyl (C=O) groups is 2. The molecule has 2 aromatic carbocycles. The number of thioether (sulfide) groups is 1. The monoisotopic (exact) mass is 580 g/mol. The van der Waals surface area contributed by atoms with Crippen molar-refractivity contribution in [2.75, 3.05) is 26.1 Å². The second-order valence-corrected chi connectivity index (χ2v) is 12.7. The Morgan fingerprint density at radius 2 is 1.77 bits per heavy atom. The van der Waals surface area contributed by atoms with Crippen molar-refractivity contribution >= 4 is 40.7 Å². The van der Waals surface area contributed by atoms with Crippen LogP contribution in [0.4, 0.5) is 5.69 Å². The van der Waals surface area contributed by atoms with Crippen molar-refractivity contribution in [1.29, 1.82) is 0 Å². The Bertz CT molecular complexity index is 1500. The van der Waals surface area contributed by atoms with Crippen LogP contribution in [0.15, 0.2) is 52.3 Å². The fraction of sp³-hybridized carbons (Fsp3) is 0.433. The summed E-state index contributed by atoms with van der Waals surface area (Å²) in [5, 5.41) is 4.20. The van der Waals surface area contributed by atoms with Gasteiger partial charge in [0, 0.05) is 21.7 Å². The molecule has 1 aromatic heterocycles. The van der Waals surface area contributed by atoms with Gasteiger partial charge in [-0.2, -0.15) is 0 Å². The molecular weight excluding hydrogens is 548 g/mol. The van der Waals surface area contributed by atoms with Gasteiger partial charge in [0.05, 0.1) is 31.4 Å². The first-order chi connectivity index (χ1) is 19.4. The van der Waals surface area contributed by atoms with E-state index in [4.69, 9.17) is 14.2 Å². The molecular formula is C30H32N2O6S2. The van der Waals surface area contributed by atoms with E-state index in [0.29, 0.717) is 52.4 Å². The van der Waals surface area contributed by atoms with Gasteiger partial charge in [-0.05, 0) is 85.9 Å². The summed E-state index contributed by atoms with van der Waals surface area (Å²) in [6.45, 7) is 1.98. The van der Waals surface area contributed by atoms with Crippen molar-refractivity contribution in [3.05, 3.63) is 68.1 Å². The summed E-state index contributed by atoms with van der Waals surface area (Å²) in [7, 11) is 3.27. The molecule has 2 saturated carbocycles. The van der Waals surface area contributed by atoms with Crippen LogP contribution < -0.4 is 19.7 Å². The molecule has 0 radical (unpaired) electrons. The van der Waals surface area contributed by atoms with E-state index in [2.05, 4.69) is 11.4 Å². The van der Waals surface area contributed by atoms with Gasteiger partial charge in [0.15, 0.2) is 11.5 Å². The molecule has 2 fully saturated rings. The van der Waals surface area contributed by atoms with E-state index < -0.39 is 5.97 Å². The quantitative estimate of drug-likeness (QED) is 0.357. The number of carbonyl (C=O) groups excluding carboxylic acids is 2. The van der Waals surface area contributed by atoms with Gasteiger partial charge in [-0.1, -0.05) is 17.4 Å². The Morgan fingerprint density at radius 3 is 2.50 bits per heavy atom. The molecule has 10 heteroatoms. The molecule has 0 spiro atoms. The highest BCUT2D eigenvalue weighted by molar-refractivity contribution is 8.00. The van der Waals surface area contributed by atoms with Crippen LogP contribution >= 0.6 is 23.1 Å². The second-order valence-electron chi connectivity index (χ2n) is 10.6. The predicted molar refractivity (Wildman–Crippen MR) is 155 cm³/mol. The first-order valence-corrected chi connectivity index (χ1v) is 15.3. The molecule has 210 valence electrons. The average molecular weight is 581 g/mol. The SMILES string of the molecule is CCOC(=O)c1ccc(NC(=O)Cn2c3c(sc2=O)[C@H](c2ccc(OC)c(OC)c2)C2C4CCC(C4)C2S3)cc1. The van der Waals surface area contributed by atoms with Gasteiger partial charge in [0.25, 0.3) is 0 Å². The highest BCUT2D eigenvalue weighted by Gasteiger charge is 2.55. The van der Waals surface area contributed by atoms with Crippen LogP contribution in [0.5, 0.6) is 11.5 Å². The minimum Gasteiger partial charge on any atom is -0.493 e. The van der Waals surface area contributed by atoms with Crippen LogP contribution in [-0.4, -0.2) is 42.5 Å². The van der Waals surface area contributed by atoms with Gasteiger partial charge in [0.2, 0.25) is 5.91 Å². The molecule has 6 rings (SSSR count). The highest BCUT2D eigenvalue weighted by atomic mass is 32.2. The lowest BCUT2D eigenvalue weighted by molar-refractivity contribution is -0.116. The van der Waals surface area contributed by atoms with E-state index in [9.17, 15) is 14.4 Å².